The average molecular weight is 842 g/mol. The summed E-state index contributed by atoms with van der Waals surface area (Å²) in [7, 11) is 0. The van der Waals surface area contributed by atoms with Crippen molar-refractivity contribution in [2.75, 3.05) is 15.1 Å². The first-order valence-electron chi connectivity index (χ1n) is 17.5. The molecule has 0 amide bonds. The summed E-state index contributed by atoms with van der Waals surface area (Å²) in [5.74, 6) is 0. The normalized spacial score (nSPS) is 10.2. The van der Waals surface area contributed by atoms with E-state index >= 15 is 0 Å². The van der Waals surface area contributed by atoms with Crippen molar-refractivity contribution in [3.8, 4) is 0 Å². The average Bonchev–Trinajstić information content (AvgIpc) is 3.24. The number of anilines is 8. The summed E-state index contributed by atoms with van der Waals surface area (Å²) < 4.78 is 0.830. The van der Waals surface area contributed by atoms with Crippen LogP contribution in [0, 0.1) is 0 Å². The highest BCUT2D eigenvalue weighted by atomic mass is 79.9. The highest BCUT2D eigenvalue weighted by molar-refractivity contribution is 9.10. The molecule has 0 aliphatic carbocycles. The molecule has 1 N–H and O–H groups in total. The second-order valence-corrected chi connectivity index (χ2v) is 14.0. The van der Waals surface area contributed by atoms with Crippen LogP contribution in [0.25, 0.3) is 0 Å². The lowest BCUT2D eigenvalue weighted by molar-refractivity contribution is 1.25. The molecule has 8 aromatic carbocycles. The number of rotatable bonds is 8. The number of nitrogens with one attached hydrogen (secondary N) is 1. The van der Waals surface area contributed by atoms with Crippen molar-refractivity contribution < 1.29 is 0 Å². The van der Waals surface area contributed by atoms with Gasteiger partial charge in [0, 0.05) is 38.6 Å². The van der Waals surface area contributed by atoms with Crippen molar-refractivity contribution in [1.82, 2.24) is 0 Å². The Morgan fingerprint density at radius 1 is 0.327 bits per heavy atom. The van der Waals surface area contributed by atoms with Gasteiger partial charge in [-0.2, -0.15) is 0 Å². The van der Waals surface area contributed by atoms with Gasteiger partial charge in [0.15, 0.2) is 0 Å². The Hall–Kier alpha value is -5.49. The largest absolute Gasteiger partial charge is 0.356 e. The van der Waals surface area contributed by atoms with Gasteiger partial charge in [0.25, 0.3) is 0 Å². The van der Waals surface area contributed by atoms with Crippen molar-refractivity contribution in [3.05, 3.63) is 238 Å². The molecule has 0 atom stereocenters. The molecule has 272 valence electrons. The van der Waals surface area contributed by atoms with E-state index in [1.54, 1.807) is 6.07 Å². The minimum atomic E-state index is 0.569. The van der Waals surface area contributed by atoms with Crippen LogP contribution >= 0.6 is 50.7 Å². The van der Waals surface area contributed by atoms with Gasteiger partial charge in [0.05, 0.1) is 26.4 Å². The predicted molar refractivity (Wildman–Crippen MR) is 241 cm³/mol. The molecule has 55 heavy (non-hydrogen) atoms. The third kappa shape index (κ3) is 10.8. The van der Waals surface area contributed by atoms with Crippen LogP contribution in [-0.4, -0.2) is 0 Å². The summed E-state index contributed by atoms with van der Waals surface area (Å²) in [6.45, 7) is 0. The molecular formula is C48H37BrCl3N3. The molecule has 0 saturated heterocycles. The molecule has 0 aliphatic rings. The van der Waals surface area contributed by atoms with Gasteiger partial charge >= 0.3 is 0 Å². The third-order valence-electron chi connectivity index (χ3n) is 8.24. The predicted octanol–water partition coefficient (Wildman–Crippen LogP) is 16.5. The molecule has 0 bridgehead atoms. The lowest BCUT2D eigenvalue weighted by Crippen LogP contribution is -2.14. The van der Waals surface area contributed by atoms with Gasteiger partial charge in [-0.3, -0.25) is 0 Å². The fourth-order valence-electron chi connectivity index (χ4n) is 5.70. The van der Waals surface area contributed by atoms with Gasteiger partial charge in [0.2, 0.25) is 0 Å². The van der Waals surface area contributed by atoms with E-state index in [1.165, 1.54) is 0 Å². The van der Waals surface area contributed by atoms with E-state index in [0.29, 0.717) is 15.1 Å². The van der Waals surface area contributed by atoms with E-state index in [4.69, 9.17) is 34.8 Å². The van der Waals surface area contributed by atoms with Crippen molar-refractivity contribution in [1.29, 1.82) is 0 Å². The maximum Gasteiger partial charge on any atom is 0.0887 e. The Balaban J connectivity index is 0.000000189. The zero-order valence-electron chi connectivity index (χ0n) is 29.7. The molecule has 0 spiro atoms. The van der Waals surface area contributed by atoms with Gasteiger partial charge in [-0.1, -0.05) is 156 Å². The highest BCUT2D eigenvalue weighted by Crippen LogP contribution is 2.46. The lowest BCUT2D eigenvalue weighted by atomic mass is 10.1. The molecule has 0 fully saturated rings. The van der Waals surface area contributed by atoms with Crippen LogP contribution in [0.1, 0.15) is 0 Å². The maximum absolute atomic E-state index is 7.21. The van der Waals surface area contributed by atoms with E-state index in [1.807, 2.05) is 146 Å². The number of para-hydroxylation sites is 6. The number of nitrogens with zero attached hydrogens (tertiary/aromatic N) is 2. The van der Waals surface area contributed by atoms with Gasteiger partial charge in [-0.25, -0.2) is 0 Å². The summed E-state index contributed by atoms with van der Waals surface area (Å²) in [5.41, 5.74) is 8.28. The molecular weight excluding hydrogens is 805 g/mol. The Kier molecular flexibility index (Phi) is 14.4. The van der Waals surface area contributed by atoms with Gasteiger partial charge < -0.3 is 15.1 Å². The van der Waals surface area contributed by atoms with E-state index in [9.17, 15) is 0 Å². The first-order valence-corrected chi connectivity index (χ1v) is 19.5. The molecule has 7 heteroatoms. The van der Waals surface area contributed by atoms with Gasteiger partial charge in [0.1, 0.15) is 0 Å². The van der Waals surface area contributed by atoms with E-state index < -0.39 is 0 Å². The molecule has 8 rings (SSSR count). The third-order valence-corrected chi connectivity index (χ3v) is 10.3. The molecule has 0 saturated carbocycles. The molecule has 0 radical (unpaired) electrons. The summed E-state index contributed by atoms with van der Waals surface area (Å²) in [6.07, 6.45) is 0. The minimum absolute atomic E-state index is 0.569. The smallest absolute Gasteiger partial charge is 0.0887 e. The fourth-order valence-corrected chi connectivity index (χ4v) is 6.78. The summed E-state index contributed by atoms with van der Waals surface area (Å²) in [6, 6.07) is 73.2. The number of hydrogen-bond acceptors (Lipinski definition) is 3. The monoisotopic (exact) mass is 839 g/mol. The first-order chi connectivity index (χ1) is 27.0. The van der Waals surface area contributed by atoms with Crippen molar-refractivity contribution >= 4 is 96.2 Å². The van der Waals surface area contributed by atoms with Crippen LogP contribution in [-0.2, 0) is 0 Å². The lowest BCUT2D eigenvalue weighted by Gasteiger charge is -2.30. The van der Waals surface area contributed by atoms with Crippen LogP contribution in [0.5, 0.6) is 0 Å². The van der Waals surface area contributed by atoms with E-state index in [2.05, 4.69) is 97.8 Å². The minimum Gasteiger partial charge on any atom is -0.356 e. The number of hydrogen-bond donors (Lipinski definition) is 1. The molecule has 0 aliphatic heterocycles. The second-order valence-electron chi connectivity index (χ2n) is 12.0. The van der Waals surface area contributed by atoms with Crippen LogP contribution in [0.15, 0.2) is 223 Å². The Labute approximate surface area is 347 Å². The van der Waals surface area contributed by atoms with Crippen LogP contribution < -0.4 is 15.1 Å². The zero-order chi connectivity index (χ0) is 38.2. The van der Waals surface area contributed by atoms with Crippen molar-refractivity contribution in [2.45, 2.75) is 0 Å². The Morgan fingerprint density at radius 3 is 0.945 bits per heavy atom. The van der Waals surface area contributed by atoms with Crippen molar-refractivity contribution in [2.24, 2.45) is 0 Å². The molecule has 0 heterocycles. The Bertz CT molecular complexity index is 2100. The van der Waals surface area contributed by atoms with Crippen LogP contribution in [0.4, 0.5) is 45.5 Å². The van der Waals surface area contributed by atoms with Crippen LogP contribution in [0.3, 0.4) is 0 Å². The highest BCUT2D eigenvalue weighted by Gasteiger charge is 2.21. The Morgan fingerprint density at radius 2 is 0.636 bits per heavy atom. The molecule has 0 unspecified atom stereocenters. The fraction of sp³-hybridized carbons (Fsp3) is 0. The molecule has 8 aromatic rings. The number of benzene rings is 8. The zero-order valence-corrected chi connectivity index (χ0v) is 33.5. The van der Waals surface area contributed by atoms with Gasteiger partial charge in [-0.05, 0) is 113 Å². The molecule has 0 aromatic heterocycles. The molecule has 3 nitrogen and oxygen atoms in total. The summed E-state index contributed by atoms with van der Waals surface area (Å²) in [4.78, 5) is 4.39. The van der Waals surface area contributed by atoms with E-state index in [-0.39, 0.29) is 0 Å². The van der Waals surface area contributed by atoms with Crippen LogP contribution in [0.2, 0.25) is 15.1 Å². The second kappa shape index (κ2) is 20.3. The van der Waals surface area contributed by atoms with Crippen molar-refractivity contribution in [3.63, 3.8) is 0 Å². The quantitative estimate of drug-likeness (QED) is 0.154. The summed E-state index contributed by atoms with van der Waals surface area (Å²) >= 11 is 21.8. The van der Waals surface area contributed by atoms with Gasteiger partial charge in [-0.15, -0.1) is 0 Å². The maximum atomic E-state index is 7.21. The SMILES string of the molecule is Clc1c(N(c2ccccc2)c2ccccc2)cccc1N(c1ccccc1)c1ccccc1.Clc1cccc(Br)c1Cl.c1ccc(Nc2ccccc2)cc1. The topological polar surface area (TPSA) is 18.5 Å². The summed E-state index contributed by atoms with van der Waals surface area (Å²) in [5, 5.41) is 5.13. The first kappa shape index (κ1) is 39.2. The number of halogens is 4. The van der Waals surface area contributed by atoms with E-state index in [0.717, 1.165) is 50.0 Å². The standard InChI is InChI=1S/C30H23ClN2.C12H11N.C6H3BrCl2/c31-30-28(32(24-14-5-1-6-15-24)25-16-7-2-8-17-25)22-13-23-29(30)33(26-18-9-3-10-19-26)27-20-11-4-12-21-27;1-3-7-11(8-4-1)13-12-9-5-2-6-10-12;7-4-2-1-3-5(8)6(4)9/h1-23H;1-10,13H;1-3H.